The number of carbonyl (C=O) groups is 1. The van der Waals surface area contributed by atoms with Crippen molar-refractivity contribution in [3.63, 3.8) is 0 Å². The van der Waals surface area contributed by atoms with Crippen molar-refractivity contribution in [1.82, 2.24) is 9.47 Å². The minimum absolute atomic E-state index is 0.117. The number of anilines is 1. The number of benzene rings is 1. The van der Waals surface area contributed by atoms with E-state index in [1.807, 2.05) is 37.3 Å². The summed E-state index contributed by atoms with van der Waals surface area (Å²) in [5.74, 6) is 1.98. The average molecular weight is 523 g/mol. The van der Waals surface area contributed by atoms with Gasteiger partial charge in [0.25, 0.3) is 11.5 Å². The lowest BCUT2D eigenvalue weighted by atomic mass is 9.97. The molecule has 2 fully saturated rings. The minimum Gasteiger partial charge on any atom is -0.497 e. The Morgan fingerprint density at radius 2 is 1.89 bits per heavy atom. The number of pyridine rings is 1. The number of rotatable bonds is 6. The van der Waals surface area contributed by atoms with Crippen LogP contribution in [-0.4, -0.2) is 39.9 Å². The summed E-state index contributed by atoms with van der Waals surface area (Å²) in [7, 11) is 1.61. The third-order valence-electron chi connectivity index (χ3n) is 6.89. The van der Waals surface area contributed by atoms with Crippen LogP contribution in [0.1, 0.15) is 48.9 Å². The number of hydrogen-bond acceptors (Lipinski definition) is 7. The van der Waals surface area contributed by atoms with Crippen molar-refractivity contribution in [2.24, 2.45) is 5.92 Å². The summed E-state index contributed by atoms with van der Waals surface area (Å²) >= 11 is 6.82. The Morgan fingerprint density at radius 1 is 1.22 bits per heavy atom. The maximum absolute atomic E-state index is 13.4. The highest BCUT2D eigenvalue weighted by molar-refractivity contribution is 8.26. The summed E-state index contributed by atoms with van der Waals surface area (Å²) in [5, 5.41) is 9.77. The van der Waals surface area contributed by atoms with E-state index in [0.29, 0.717) is 33.8 Å². The van der Waals surface area contributed by atoms with Crippen molar-refractivity contribution in [2.75, 3.05) is 25.1 Å². The second kappa shape index (κ2) is 10.9. The molecule has 1 amide bonds. The SMILES string of the molecule is CCn1c(N2CCC(C)CC2)c(C=C2SC(=S)N(Cc3ccc(OC)cc3)C2=O)c(C)c(C#N)c1=O. The van der Waals surface area contributed by atoms with Crippen molar-refractivity contribution in [2.45, 2.75) is 46.7 Å². The van der Waals surface area contributed by atoms with Gasteiger partial charge in [-0.25, -0.2) is 0 Å². The molecule has 4 rings (SSSR count). The lowest BCUT2D eigenvalue weighted by Gasteiger charge is -2.35. The topological polar surface area (TPSA) is 78.6 Å². The van der Waals surface area contributed by atoms with E-state index in [2.05, 4.69) is 17.9 Å². The van der Waals surface area contributed by atoms with E-state index in [1.54, 1.807) is 23.5 Å². The summed E-state index contributed by atoms with van der Waals surface area (Å²) in [4.78, 5) is 30.9. The number of ether oxygens (including phenoxy) is 1. The van der Waals surface area contributed by atoms with Gasteiger partial charge in [0.05, 0.1) is 18.6 Å². The van der Waals surface area contributed by atoms with Gasteiger partial charge in [0.15, 0.2) is 0 Å². The van der Waals surface area contributed by atoms with Gasteiger partial charge in [-0.3, -0.25) is 19.1 Å². The molecule has 2 aliphatic rings. The number of aromatic nitrogens is 1. The van der Waals surface area contributed by atoms with E-state index in [9.17, 15) is 14.9 Å². The molecule has 1 aromatic carbocycles. The molecule has 0 radical (unpaired) electrons. The molecule has 2 aromatic rings. The zero-order chi connectivity index (χ0) is 26.0. The van der Waals surface area contributed by atoms with Crippen LogP contribution < -0.4 is 15.2 Å². The second-order valence-corrected chi connectivity index (χ2v) is 10.9. The average Bonchev–Trinajstić information content (AvgIpc) is 3.14. The molecule has 0 aliphatic carbocycles. The number of thioether (sulfide) groups is 1. The van der Waals surface area contributed by atoms with Crippen LogP contribution in [0.2, 0.25) is 0 Å². The van der Waals surface area contributed by atoms with Crippen LogP contribution in [0.15, 0.2) is 34.0 Å². The first-order valence-electron chi connectivity index (χ1n) is 12.1. The smallest absolute Gasteiger partial charge is 0.270 e. The highest BCUT2D eigenvalue weighted by atomic mass is 32.2. The van der Waals surface area contributed by atoms with Crippen LogP contribution in [0.25, 0.3) is 6.08 Å². The van der Waals surface area contributed by atoms with Crippen LogP contribution >= 0.6 is 24.0 Å². The Balaban J connectivity index is 1.76. The molecule has 2 saturated heterocycles. The van der Waals surface area contributed by atoms with Crippen LogP contribution in [0.4, 0.5) is 5.82 Å². The molecule has 188 valence electrons. The monoisotopic (exact) mass is 522 g/mol. The van der Waals surface area contributed by atoms with Crippen LogP contribution in [0.5, 0.6) is 5.75 Å². The van der Waals surface area contributed by atoms with E-state index >= 15 is 0 Å². The molecule has 0 bridgehead atoms. The first-order chi connectivity index (χ1) is 17.3. The zero-order valence-corrected chi connectivity index (χ0v) is 22.7. The Bertz CT molecular complexity index is 1320. The fraction of sp³-hybridized carbons (Fsp3) is 0.407. The molecule has 0 atom stereocenters. The Morgan fingerprint density at radius 3 is 2.47 bits per heavy atom. The molecular formula is C27H30N4O3S2. The van der Waals surface area contributed by atoms with E-state index in [1.165, 1.54) is 11.8 Å². The Kier molecular flexibility index (Phi) is 7.86. The van der Waals surface area contributed by atoms with Crippen LogP contribution in [-0.2, 0) is 17.9 Å². The van der Waals surface area contributed by atoms with E-state index in [4.69, 9.17) is 17.0 Å². The molecular weight excluding hydrogens is 492 g/mol. The number of thiocarbonyl (C=S) groups is 1. The third-order valence-corrected chi connectivity index (χ3v) is 8.27. The molecule has 0 saturated carbocycles. The third kappa shape index (κ3) is 4.93. The first kappa shape index (κ1) is 26.0. The normalized spacial score (nSPS) is 17.7. The zero-order valence-electron chi connectivity index (χ0n) is 21.0. The van der Waals surface area contributed by atoms with Crippen molar-refractivity contribution < 1.29 is 9.53 Å². The maximum atomic E-state index is 13.4. The van der Waals surface area contributed by atoms with Crippen molar-refractivity contribution >= 4 is 46.1 Å². The van der Waals surface area contributed by atoms with E-state index in [0.717, 1.165) is 48.6 Å². The molecule has 0 spiro atoms. The van der Waals surface area contributed by atoms with Gasteiger partial charge in [-0.05, 0) is 61.9 Å². The predicted octanol–water partition coefficient (Wildman–Crippen LogP) is 4.69. The number of hydrogen-bond donors (Lipinski definition) is 0. The van der Waals surface area contributed by atoms with Gasteiger partial charge in [-0.15, -0.1) is 0 Å². The number of carbonyl (C=O) groups excluding carboxylic acids is 1. The minimum atomic E-state index is -0.282. The van der Waals surface area contributed by atoms with Gasteiger partial charge in [0.2, 0.25) is 0 Å². The largest absolute Gasteiger partial charge is 0.497 e. The molecule has 2 aliphatic heterocycles. The first-order valence-corrected chi connectivity index (χ1v) is 13.3. The van der Waals surface area contributed by atoms with Gasteiger partial charge < -0.3 is 9.64 Å². The van der Waals surface area contributed by atoms with E-state index < -0.39 is 0 Å². The number of amides is 1. The van der Waals surface area contributed by atoms with Crippen LogP contribution in [0, 0.1) is 24.2 Å². The van der Waals surface area contributed by atoms with E-state index in [-0.39, 0.29) is 17.0 Å². The van der Waals surface area contributed by atoms with Crippen molar-refractivity contribution in [3.05, 3.63) is 61.8 Å². The fourth-order valence-electron chi connectivity index (χ4n) is 4.68. The van der Waals surface area contributed by atoms with Gasteiger partial charge in [0, 0.05) is 25.2 Å². The second-order valence-electron chi connectivity index (χ2n) is 9.18. The molecule has 0 unspecified atom stereocenters. The maximum Gasteiger partial charge on any atom is 0.270 e. The molecule has 36 heavy (non-hydrogen) atoms. The molecule has 9 heteroatoms. The number of methoxy groups -OCH3 is 1. The number of nitriles is 1. The Labute approximate surface area is 221 Å². The van der Waals surface area contributed by atoms with Crippen molar-refractivity contribution in [3.8, 4) is 11.8 Å². The molecule has 7 nitrogen and oxygen atoms in total. The van der Waals surface area contributed by atoms with Gasteiger partial charge in [-0.2, -0.15) is 5.26 Å². The summed E-state index contributed by atoms with van der Waals surface area (Å²) in [6.45, 7) is 8.39. The van der Waals surface area contributed by atoms with Gasteiger partial charge >= 0.3 is 0 Å². The number of piperidine rings is 1. The highest BCUT2D eigenvalue weighted by Crippen LogP contribution is 2.37. The van der Waals surface area contributed by atoms with Gasteiger partial charge in [0.1, 0.15) is 27.5 Å². The predicted molar refractivity (Wildman–Crippen MR) is 148 cm³/mol. The molecule has 0 N–H and O–H groups in total. The standard InChI is InChI=1S/C27H30N4O3S2/c1-5-30-24(29-12-10-17(2)11-13-29)21(18(3)22(15-28)25(30)32)14-23-26(33)31(27(35)36-23)16-19-6-8-20(34-4)9-7-19/h6-9,14,17H,5,10-13,16H2,1-4H3. The Hall–Kier alpha value is -3.09. The number of nitrogens with zero attached hydrogens (tertiary/aromatic N) is 4. The lowest BCUT2D eigenvalue weighted by Crippen LogP contribution is -2.39. The van der Waals surface area contributed by atoms with Gasteiger partial charge in [-0.1, -0.05) is 43.0 Å². The summed E-state index contributed by atoms with van der Waals surface area (Å²) in [6, 6.07) is 9.63. The van der Waals surface area contributed by atoms with Crippen LogP contribution in [0.3, 0.4) is 0 Å². The highest BCUT2D eigenvalue weighted by Gasteiger charge is 2.33. The summed E-state index contributed by atoms with van der Waals surface area (Å²) in [5.41, 5.74) is 2.12. The quantitative estimate of drug-likeness (QED) is 0.402. The fourth-order valence-corrected chi connectivity index (χ4v) is 5.92. The lowest BCUT2D eigenvalue weighted by molar-refractivity contribution is -0.122. The molecule has 1 aromatic heterocycles. The van der Waals surface area contributed by atoms with Crippen molar-refractivity contribution in [1.29, 1.82) is 5.26 Å². The molecule has 3 heterocycles. The summed E-state index contributed by atoms with van der Waals surface area (Å²) in [6.07, 6.45) is 3.88. The summed E-state index contributed by atoms with van der Waals surface area (Å²) < 4.78 is 7.37.